The monoisotopic (exact) mass is 425 g/mol. The molecule has 1 saturated heterocycles. The van der Waals surface area contributed by atoms with Crippen LogP contribution in [0.2, 0.25) is 0 Å². The van der Waals surface area contributed by atoms with Gasteiger partial charge in [-0.3, -0.25) is 4.79 Å². The van der Waals surface area contributed by atoms with E-state index in [-0.39, 0.29) is 23.6 Å². The van der Waals surface area contributed by atoms with Gasteiger partial charge in [0.1, 0.15) is 11.6 Å². The number of aryl methyl sites for hydroxylation is 1. The third-order valence-corrected chi connectivity index (χ3v) is 6.69. The van der Waals surface area contributed by atoms with Gasteiger partial charge in [-0.2, -0.15) is 9.57 Å². The smallest absolute Gasteiger partial charge is 0.267 e. The second kappa shape index (κ2) is 8.98. The van der Waals surface area contributed by atoms with Crippen LogP contribution in [0.15, 0.2) is 65.2 Å². The number of benzene rings is 2. The maximum absolute atomic E-state index is 12.8. The average molecular weight is 426 g/mol. The second-order valence-corrected chi connectivity index (χ2v) is 8.92. The van der Waals surface area contributed by atoms with Crippen LogP contribution in [0.3, 0.4) is 0 Å². The maximum atomic E-state index is 12.8. The van der Waals surface area contributed by atoms with Gasteiger partial charge in [-0.05, 0) is 43.3 Å². The number of nitrogens with one attached hydrogen (secondary N) is 1. The first kappa shape index (κ1) is 21.4. The number of nitriles is 1. The minimum atomic E-state index is -3.57. The SMILES string of the molecule is Cc1ccc(S(=O)(=O)N2CCN(/C=C(/C#N)C(=O)Nc3ccc(N)cc3)CC2)cc1. The molecule has 2 aromatic rings. The molecular formula is C21H23N5O3S. The van der Waals surface area contributed by atoms with Crippen LogP contribution in [0.1, 0.15) is 5.56 Å². The van der Waals surface area contributed by atoms with Crippen molar-refractivity contribution in [3.05, 3.63) is 65.9 Å². The zero-order valence-corrected chi connectivity index (χ0v) is 17.4. The molecule has 0 unspecified atom stereocenters. The lowest BCUT2D eigenvalue weighted by Gasteiger charge is -2.33. The highest BCUT2D eigenvalue weighted by molar-refractivity contribution is 7.89. The summed E-state index contributed by atoms with van der Waals surface area (Å²) in [5, 5.41) is 12.0. The number of carbonyl (C=O) groups excluding carboxylic acids is 1. The lowest BCUT2D eigenvalue weighted by Crippen LogP contribution is -2.46. The van der Waals surface area contributed by atoms with Crippen molar-refractivity contribution in [3.8, 4) is 6.07 Å². The molecule has 8 nitrogen and oxygen atoms in total. The van der Waals surface area contributed by atoms with Gasteiger partial charge in [0, 0.05) is 43.8 Å². The van der Waals surface area contributed by atoms with E-state index in [9.17, 15) is 18.5 Å². The minimum Gasteiger partial charge on any atom is -0.399 e. The Labute approximate surface area is 176 Å². The van der Waals surface area contributed by atoms with Crippen molar-refractivity contribution in [1.29, 1.82) is 5.26 Å². The summed E-state index contributed by atoms with van der Waals surface area (Å²) in [6.45, 7) is 3.20. The summed E-state index contributed by atoms with van der Waals surface area (Å²) in [4.78, 5) is 14.4. The van der Waals surface area contributed by atoms with E-state index >= 15 is 0 Å². The van der Waals surface area contributed by atoms with E-state index in [0.29, 0.717) is 24.5 Å². The highest BCUT2D eigenvalue weighted by atomic mass is 32.2. The van der Waals surface area contributed by atoms with Crippen LogP contribution in [-0.4, -0.2) is 49.7 Å². The first-order valence-corrected chi connectivity index (χ1v) is 10.8. The van der Waals surface area contributed by atoms with Gasteiger partial charge in [0.05, 0.1) is 4.90 Å². The van der Waals surface area contributed by atoms with Crippen molar-refractivity contribution in [2.45, 2.75) is 11.8 Å². The molecule has 1 aliphatic rings. The summed E-state index contributed by atoms with van der Waals surface area (Å²) >= 11 is 0. The first-order chi connectivity index (χ1) is 14.3. The maximum Gasteiger partial charge on any atom is 0.267 e. The molecule has 2 aromatic carbocycles. The minimum absolute atomic E-state index is 0.0540. The lowest BCUT2D eigenvalue weighted by atomic mass is 10.2. The van der Waals surface area contributed by atoms with Gasteiger partial charge < -0.3 is 16.0 Å². The summed E-state index contributed by atoms with van der Waals surface area (Å²) < 4.78 is 27.0. The van der Waals surface area contributed by atoms with Crippen LogP contribution in [-0.2, 0) is 14.8 Å². The van der Waals surface area contributed by atoms with Crippen molar-refractivity contribution in [3.63, 3.8) is 0 Å². The molecule has 0 aliphatic carbocycles. The molecule has 9 heteroatoms. The fourth-order valence-corrected chi connectivity index (χ4v) is 4.44. The van der Waals surface area contributed by atoms with E-state index in [2.05, 4.69) is 5.32 Å². The Hall–Kier alpha value is -3.35. The van der Waals surface area contributed by atoms with Crippen molar-refractivity contribution in [2.24, 2.45) is 0 Å². The zero-order valence-electron chi connectivity index (χ0n) is 16.6. The molecule has 3 N–H and O–H groups in total. The quantitative estimate of drug-likeness (QED) is 0.429. The van der Waals surface area contributed by atoms with Gasteiger partial charge in [0.15, 0.2) is 0 Å². The molecule has 0 atom stereocenters. The predicted octanol–water partition coefficient (Wildman–Crippen LogP) is 1.93. The molecule has 30 heavy (non-hydrogen) atoms. The van der Waals surface area contributed by atoms with Gasteiger partial charge in [-0.15, -0.1) is 0 Å². The molecule has 0 spiro atoms. The number of nitrogens with zero attached hydrogens (tertiary/aromatic N) is 3. The first-order valence-electron chi connectivity index (χ1n) is 9.39. The van der Waals surface area contributed by atoms with Crippen LogP contribution in [0.25, 0.3) is 0 Å². The van der Waals surface area contributed by atoms with E-state index < -0.39 is 15.9 Å². The van der Waals surface area contributed by atoms with Gasteiger partial charge >= 0.3 is 0 Å². The number of rotatable bonds is 5. The number of nitrogen functional groups attached to an aromatic ring is 1. The van der Waals surface area contributed by atoms with Crippen LogP contribution in [0.5, 0.6) is 0 Å². The number of sulfonamides is 1. The number of anilines is 2. The molecule has 156 valence electrons. The number of hydrogen-bond acceptors (Lipinski definition) is 6. The summed E-state index contributed by atoms with van der Waals surface area (Å²) in [5.74, 6) is -0.531. The van der Waals surface area contributed by atoms with Crippen molar-refractivity contribution in [1.82, 2.24) is 9.21 Å². The van der Waals surface area contributed by atoms with Crippen LogP contribution < -0.4 is 11.1 Å². The molecular weight excluding hydrogens is 402 g/mol. The Balaban J connectivity index is 1.63. The number of carbonyl (C=O) groups is 1. The summed E-state index contributed by atoms with van der Waals surface area (Å²) in [7, 11) is -3.57. The predicted molar refractivity (Wildman–Crippen MR) is 115 cm³/mol. The average Bonchev–Trinajstić information content (AvgIpc) is 2.74. The molecule has 1 fully saturated rings. The molecule has 0 saturated carbocycles. The fraction of sp³-hybridized carbons (Fsp3) is 0.238. The van der Waals surface area contributed by atoms with E-state index in [1.807, 2.05) is 13.0 Å². The molecule has 0 bridgehead atoms. The number of hydrogen-bond donors (Lipinski definition) is 2. The molecule has 1 amide bonds. The van der Waals surface area contributed by atoms with Gasteiger partial charge in [0.2, 0.25) is 10.0 Å². The molecule has 0 radical (unpaired) electrons. The fourth-order valence-electron chi connectivity index (χ4n) is 3.02. The standard InChI is InChI=1S/C21H23N5O3S/c1-16-2-8-20(9-3-16)30(28,29)26-12-10-25(11-13-26)15-17(14-22)21(27)24-19-6-4-18(23)5-7-19/h2-9,15H,10-13,23H2,1H3,(H,24,27)/b17-15-. The van der Waals surface area contributed by atoms with E-state index in [1.54, 1.807) is 53.4 Å². The topological polar surface area (TPSA) is 120 Å². The Morgan fingerprint density at radius 2 is 1.67 bits per heavy atom. The number of nitrogens with two attached hydrogens (primary N) is 1. The van der Waals surface area contributed by atoms with Gasteiger partial charge in [-0.1, -0.05) is 17.7 Å². The summed E-state index contributed by atoms with van der Waals surface area (Å²) in [5.41, 5.74) is 7.66. The Morgan fingerprint density at radius 3 is 2.23 bits per heavy atom. The molecule has 0 aromatic heterocycles. The normalized spacial score (nSPS) is 15.5. The number of piperazine rings is 1. The van der Waals surface area contributed by atoms with Crippen molar-refractivity contribution < 1.29 is 13.2 Å². The summed E-state index contributed by atoms with van der Waals surface area (Å²) in [6.07, 6.45) is 1.47. The highest BCUT2D eigenvalue weighted by Gasteiger charge is 2.28. The third-order valence-electron chi connectivity index (χ3n) is 4.78. The largest absolute Gasteiger partial charge is 0.399 e. The zero-order chi connectivity index (χ0) is 21.7. The van der Waals surface area contributed by atoms with Gasteiger partial charge in [0.25, 0.3) is 5.91 Å². The lowest BCUT2D eigenvalue weighted by molar-refractivity contribution is -0.112. The van der Waals surface area contributed by atoms with E-state index in [0.717, 1.165) is 5.56 Å². The molecule has 1 heterocycles. The Bertz CT molecular complexity index is 1080. The highest BCUT2D eigenvalue weighted by Crippen LogP contribution is 2.19. The van der Waals surface area contributed by atoms with E-state index in [1.165, 1.54) is 10.5 Å². The van der Waals surface area contributed by atoms with Gasteiger partial charge in [-0.25, -0.2) is 8.42 Å². The second-order valence-electron chi connectivity index (χ2n) is 6.98. The molecule has 1 aliphatic heterocycles. The Kier molecular flexibility index (Phi) is 6.40. The van der Waals surface area contributed by atoms with Crippen molar-refractivity contribution >= 4 is 27.3 Å². The number of amides is 1. The summed E-state index contributed by atoms with van der Waals surface area (Å²) in [6, 6.07) is 15.3. The molecule has 3 rings (SSSR count). The Morgan fingerprint density at radius 1 is 1.07 bits per heavy atom. The third kappa shape index (κ3) is 4.97. The van der Waals surface area contributed by atoms with Crippen LogP contribution in [0, 0.1) is 18.3 Å². The van der Waals surface area contributed by atoms with Crippen LogP contribution in [0.4, 0.5) is 11.4 Å². The van der Waals surface area contributed by atoms with Crippen LogP contribution >= 0.6 is 0 Å². The van der Waals surface area contributed by atoms with E-state index in [4.69, 9.17) is 5.73 Å². The van der Waals surface area contributed by atoms with Crippen molar-refractivity contribution in [2.75, 3.05) is 37.2 Å².